The second-order valence-electron chi connectivity index (χ2n) is 11.6. The maximum Gasteiger partial charge on any atom is 0.508 e. The van der Waals surface area contributed by atoms with Crippen LogP contribution >= 0.6 is 7.82 Å². The zero-order chi connectivity index (χ0) is 28.5. The minimum Gasteiger partial charge on any atom is -0.756 e. The summed E-state index contributed by atoms with van der Waals surface area (Å²) in [5.74, 6) is 0. The molecule has 0 radical (unpaired) electrons. The number of phosphoric ester groups is 1. The van der Waals surface area contributed by atoms with Crippen LogP contribution in [0, 0.1) is 0 Å². The lowest BCUT2D eigenvalue weighted by Gasteiger charge is -2.28. The highest BCUT2D eigenvalue weighted by molar-refractivity contribution is 7.45. The number of carbonyl (C=O) groups excluding carboxylic acids is 1. The zero-order valence-corrected chi connectivity index (χ0v) is 26.3. The summed E-state index contributed by atoms with van der Waals surface area (Å²) < 4.78 is 32.2. The Balaban J connectivity index is 3.80. The van der Waals surface area contributed by atoms with Crippen LogP contribution in [0.25, 0.3) is 0 Å². The highest BCUT2D eigenvalue weighted by Crippen LogP contribution is 2.38. The molecule has 0 saturated carbocycles. The van der Waals surface area contributed by atoms with E-state index < -0.39 is 20.1 Å². The largest absolute Gasteiger partial charge is 0.756 e. The summed E-state index contributed by atoms with van der Waals surface area (Å²) in [6.45, 7) is 2.56. The van der Waals surface area contributed by atoms with E-state index in [4.69, 9.17) is 13.8 Å². The second kappa shape index (κ2) is 24.2. The Morgan fingerprint density at radius 3 is 1.55 bits per heavy atom. The molecule has 0 aromatic rings. The van der Waals surface area contributed by atoms with Crippen LogP contribution in [0.4, 0.5) is 4.79 Å². The molecule has 228 valence electrons. The first-order valence-electron chi connectivity index (χ1n) is 15.2. The number of hydrogen-bond donors (Lipinski definition) is 0. The standard InChI is InChI=1S/C29H60NO7P/c1-6-7-8-9-10-11-12-13-14-15-16-17-18-19-20-21-22-23-24-28(37-29(31)34-5)27-36-38(32,33)35-26-25-30(2,3)4/h28H,6-27H2,1-5H3. The SMILES string of the molecule is CCCCCCCCCCCCCCCCCCCCC(COP(=O)([O-])OCC[N+](C)(C)C)OC(=O)OC. The molecule has 0 aromatic heterocycles. The fraction of sp³-hybridized carbons (Fsp3) is 0.966. The Labute approximate surface area is 234 Å². The van der Waals surface area contributed by atoms with Gasteiger partial charge in [0.1, 0.15) is 19.3 Å². The highest BCUT2D eigenvalue weighted by Gasteiger charge is 2.20. The predicted molar refractivity (Wildman–Crippen MR) is 153 cm³/mol. The molecule has 0 amide bonds. The monoisotopic (exact) mass is 565 g/mol. The van der Waals surface area contributed by atoms with Gasteiger partial charge in [0.05, 0.1) is 34.9 Å². The highest BCUT2D eigenvalue weighted by atomic mass is 31.2. The second-order valence-corrected chi connectivity index (χ2v) is 13.0. The number of unbranched alkanes of at least 4 members (excludes halogenated alkanes) is 17. The Hall–Kier alpha value is -0.660. The Bertz CT molecular complexity index is 598. The number of rotatable bonds is 27. The molecule has 0 aliphatic rings. The quantitative estimate of drug-likeness (QED) is 0.0434. The van der Waals surface area contributed by atoms with Crippen molar-refractivity contribution in [1.29, 1.82) is 0 Å². The van der Waals surface area contributed by atoms with E-state index in [1.165, 1.54) is 103 Å². The first-order valence-corrected chi connectivity index (χ1v) is 16.7. The van der Waals surface area contributed by atoms with E-state index in [1.807, 2.05) is 21.1 Å². The maximum absolute atomic E-state index is 12.0. The van der Waals surface area contributed by atoms with Crippen molar-refractivity contribution in [3.63, 3.8) is 0 Å². The van der Waals surface area contributed by atoms with Crippen LogP contribution in [0.1, 0.15) is 129 Å². The topological polar surface area (TPSA) is 94.1 Å². The van der Waals surface area contributed by atoms with Crippen molar-refractivity contribution < 1.29 is 37.3 Å². The van der Waals surface area contributed by atoms with Crippen molar-refractivity contribution in [2.24, 2.45) is 0 Å². The van der Waals surface area contributed by atoms with Gasteiger partial charge in [-0.1, -0.05) is 116 Å². The molecule has 0 bridgehead atoms. The molecular formula is C29H60NO7P. The number of ether oxygens (including phenoxy) is 2. The van der Waals surface area contributed by atoms with Crippen LogP contribution in [0.2, 0.25) is 0 Å². The number of hydrogen-bond acceptors (Lipinski definition) is 7. The molecule has 38 heavy (non-hydrogen) atoms. The molecule has 0 fully saturated rings. The third-order valence-corrected chi connectivity index (χ3v) is 7.70. The number of carbonyl (C=O) groups is 1. The van der Waals surface area contributed by atoms with Gasteiger partial charge in [0.2, 0.25) is 0 Å². The van der Waals surface area contributed by atoms with E-state index in [2.05, 4.69) is 11.7 Å². The first-order chi connectivity index (χ1) is 18.1. The van der Waals surface area contributed by atoms with Crippen molar-refractivity contribution in [2.75, 3.05) is 48.0 Å². The molecule has 2 atom stereocenters. The van der Waals surface area contributed by atoms with Gasteiger partial charge in [0, 0.05) is 0 Å². The number of phosphoric acid groups is 1. The van der Waals surface area contributed by atoms with Gasteiger partial charge in [0.25, 0.3) is 7.82 Å². The van der Waals surface area contributed by atoms with E-state index in [9.17, 15) is 14.3 Å². The van der Waals surface area contributed by atoms with Crippen LogP contribution in [-0.2, 0) is 23.1 Å². The predicted octanol–water partition coefficient (Wildman–Crippen LogP) is 7.78. The number of likely N-dealkylation sites (N-methyl/N-ethyl adjacent to an activating group) is 1. The van der Waals surface area contributed by atoms with Gasteiger partial charge in [-0.25, -0.2) is 4.79 Å². The molecule has 0 aliphatic heterocycles. The molecule has 0 N–H and O–H groups in total. The van der Waals surface area contributed by atoms with Crippen LogP contribution < -0.4 is 4.89 Å². The van der Waals surface area contributed by atoms with E-state index in [0.717, 1.165) is 19.3 Å². The van der Waals surface area contributed by atoms with E-state index in [0.29, 0.717) is 17.4 Å². The summed E-state index contributed by atoms with van der Waals surface area (Å²) in [7, 11) is 2.60. The summed E-state index contributed by atoms with van der Waals surface area (Å²) in [6.07, 6.45) is 22.3. The molecule has 8 nitrogen and oxygen atoms in total. The van der Waals surface area contributed by atoms with Gasteiger partial charge in [0.15, 0.2) is 0 Å². The minimum atomic E-state index is -4.45. The van der Waals surface area contributed by atoms with Crippen LogP contribution in [-0.4, -0.2) is 64.8 Å². The summed E-state index contributed by atoms with van der Waals surface area (Å²) in [6, 6.07) is 0. The Morgan fingerprint density at radius 1 is 0.737 bits per heavy atom. The van der Waals surface area contributed by atoms with Crippen LogP contribution in [0.3, 0.4) is 0 Å². The lowest BCUT2D eigenvalue weighted by molar-refractivity contribution is -0.870. The lowest BCUT2D eigenvalue weighted by Crippen LogP contribution is -2.37. The fourth-order valence-corrected chi connectivity index (χ4v) is 5.00. The van der Waals surface area contributed by atoms with Crippen molar-refractivity contribution >= 4 is 14.0 Å². The number of methoxy groups -OCH3 is 1. The summed E-state index contributed by atoms with van der Waals surface area (Å²) in [5, 5.41) is 0. The maximum atomic E-state index is 12.0. The lowest BCUT2D eigenvalue weighted by atomic mass is 10.0. The van der Waals surface area contributed by atoms with Gasteiger partial charge >= 0.3 is 6.16 Å². The van der Waals surface area contributed by atoms with Crippen LogP contribution in [0.5, 0.6) is 0 Å². The summed E-state index contributed by atoms with van der Waals surface area (Å²) in [5.41, 5.74) is 0. The van der Waals surface area contributed by atoms with Crippen LogP contribution in [0.15, 0.2) is 0 Å². The molecule has 0 rings (SSSR count). The van der Waals surface area contributed by atoms with E-state index in [1.54, 1.807) is 0 Å². The van der Waals surface area contributed by atoms with Crippen molar-refractivity contribution in [3.8, 4) is 0 Å². The van der Waals surface area contributed by atoms with Gasteiger partial charge < -0.3 is 27.9 Å². The molecule has 0 spiro atoms. The molecule has 0 heterocycles. The molecule has 0 aromatic carbocycles. The molecule has 9 heteroatoms. The minimum absolute atomic E-state index is 0.0338. The molecular weight excluding hydrogens is 505 g/mol. The third-order valence-electron chi connectivity index (χ3n) is 6.74. The Morgan fingerprint density at radius 2 is 1.16 bits per heavy atom. The van der Waals surface area contributed by atoms with Gasteiger partial charge in [-0.05, 0) is 12.8 Å². The van der Waals surface area contributed by atoms with Gasteiger partial charge in [-0.3, -0.25) is 4.57 Å². The van der Waals surface area contributed by atoms with Gasteiger partial charge in [-0.15, -0.1) is 0 Å². The van der Waals surface area contributed by atoms with Crippen molar-refractivity contribution in [3.05, 3.63) is 0 Å². The Kier molecular flexibility index (Phi) is 23.7. The summed E-state index contributed by atoms with van der Waals surface area (Å²) >= 11 is 0. The average Bonchev–Trinajstić information content (AvgIpc) is 2.85. The molecule has 0 aliphatic carbocycles. The number of quaternary nitrogens is 1. The normalized spacial score (nSPS) is 14.3. The van der Waals surface area contributed by atoms with E-state index in [-0.39, 0.29) is 13.2 Å². The zero-order valence-electron chi connectivity index (χ0n) is 25.4. The first kappa shape index (κ1) is 37.3. The van der Waals surface area contributed by atoms with Crippen molar-refractivity contribution in [1.82, 2.24) is 0 Å². The number of nitrogens with zero attached hydrogens (tertiary/aromatic N) is 1. The summed E-state index contributed by atoms with van der Waals surface area (Å²) in [4.78, 5) is 23.6. The van der Waals surface area contributed by atoms with E-state index >= 15 is 0 Å². The van der Waals surface area contributed by atoms with Crippen molar-refractivity contribution in [2.45, 2.75) is 135 Å². The fourth-order valence-electron chi connectivity index (χ4n) is 4.27. The van der Waals surface area contributed by atoms with Gasteiger partial charge in [-0.2, -0.15) is 0 Å². The molecule has 2 unspecified atom stereocenters. The molecule has 0 saturated heterocycles. The third kappa shape index (κ3) is 26.9. The smallest absolute Gasteiger partial charge is 0.508 e. The average molecular weight is 566 g/mol.